The molecule has 0 aliphatic rings. The highest BCUT2D eigenvalue weighted by molar-refractivity contribution is 6.02. The Bertz CT molecular complexity index is 1010. The van der Waals surface area contributed by atoms with E-state index in [4.69, 9.17) is 11.2 Å². The highest BCUT2D eigenvalue weighted by Gasteiger charge is 2.30. The summed E-state index contributed by atoms with van der Waals surface area (Å²) < 4.78 is 43.3. The van der Waals surface area contributed by atoms with Gasteiger partial charge >= 0.3 is 6.18 Å². The number of pyridine rings is 1. The molecule has 2 aromatic carbocycles. The molecule has 3 aromatic rings. The Morgan fingerprint density at radius 2 is 1.96 bits per heavy atom. The molecule has 136 valence electrons. The lowest BCUT2D eigenvalue weighted by atomic mass is 10.0. The third-order valence-electron chi connectivity index (χ3n) is 3.71. The van der Waals surface area contributed by atoms with E-state index in [-0.39, 0.29) is 12.4 Å². The maximum Gasteiger partial charge on any atom is 0.417 e. The molecule has 0 atom stereocenters. The molecule has 0 amide bonds. The van der Waals surface area contributed by atoms with Crippen LogP contribution in [0.15, 0.2) is 59.8 Å². The lowest BCUT2D eigenvalue weighted by Gasteiger charge is -2.10. The first kappa shape index (κ1) is 18.3. The van der Waals surface area contributed by atoms with Crippen LogP contribution in [0.4, 0.5) is 19.0 Å². The molecule has 3 rings (SSSR count). The van der Waals surface area contributed by atoms with E-state index >= 15 is 0 Å². The minimum atomic E-state index is -4.43. The number of nitrogens with zero attached hydrogens (tertiary/aromatic N) is 2. The molecule has 4 nitrogen and oxygen atoms in total. The zero-order valence-corrected chi connectivity index (χ0v) is 14.0. The molecule has 0 unspecified atom stereocenters. The van der Waals surface area contributed by atoms with Crippen molar-refractivity contribution in [2.24, 2.45) is 5.10 Å². The monoisotopic (exact) mass is 369 g/mol. The number of aromatic nitrogens is 1. The van der Waals surface area contributed by atoms with Crippen molar-refractivity contribution in [2.75, 3.05) is 12.0 Å². The normalized spacial score (nSPS) is 11.5. The predicted octanol–water partition coefficient (Wildman–Crippen LogP) is 4.71. The van der Waals surface area contributed by atoms with E-state index in [2.05, 4.69) is 21.4 Å². The highest BCUT2D eigenvalue weighted by Crippen LogP contribution is 2.29. The summed E-state index contributed by atoms with van der Waals surface area (Å²) in [5.74, 6) is 3.15. The van der Waals surface area contributed by atoms with Crippen molar-refractivity contribution in [3.05, 3.63) is 65.9 Å². The van der Waals surface area contributed by atoms with Crippen LogP contribution >= 0.6 is 0 Å². The van der Waals surface area contributed by atoms with Crippen LogP contribution in [0.25, 0.3) is 10.8 Å². The lowest BCUT2D eigenvalue weighted by molar-refractivity contribution is -0.137. The van der Waals surface area contributed by atoms with Crippen molar-refractivity contribution in [2.45, 2.75) is 6.18 Å². The van der Waals surface area contributed by atoms with Crippen molar-refractivity contribution in [1.82, 2.24) is 4.98 Å². The van der Waals surface area contributed by atoms with Gasteiger partial charge in [0.25, 0.3) is 0 Å². The average Bonchev–Trinajstić information content (AvgIpc) is 2.66. The van der Waals surface area contributed by atoms with Gasteiger partial charge in [0.05, 0.1) is 11.8 Å². The number of hydrogen-bond donors (Lipinski definition) is 1. The van der Waals surface area contributed by atoms with Crippen molar-refractivity contribution < 1.29 is 17.9 Å². The van der Waals surface area contributed by atoms with Crippen molar-refractivity contribution in [3.8, 4) is 18.1 Å². The number of halogens is 3. The van der Waals surface area contributed by atoms with E-state index in [9.17, 15) is 13.2 Å². The molecule has 0 aliphatic heterocycles. The summed E-state index contributed by atoms with van der Waals surface area (Å²) >= 11 is 0. The third-order valence-corrected chi connectivity index (χ3v) is 3.71. The van der Waals surface area contributed by atoms with E-state index in [1.807, 2.05) is 30.3 Å². The van der Waals surface area contributed by atoms with Crippen LogP contribution in [0.1, 0.15) is 11.1 Å². The standard InChI is InChI=1S/C20H14F3N3O/c1-2-11-27-18-9-7-14-5-3-4-6-16(14)17(18)13-25-26-19-10-8-15(12-24-19)20(21,22)23/h1,3-10,12-13H,11H2,(H,24,26)/b25-13-. The molecule has 1 N–H and O–H groups in total. The number of rotatable bonds is 5. The van der Waals surface area contributed by atoms with Crippen LogP contribution in [0.5, 0.6) is 5.75 Å². The number of hydrogen-bond acceptors (Lipinski definition) is 4. The Morgan fingerprint density at radius 3 is 2.67 bits per heavy atom. The Morgan fingerprint density at radius 1 is 1.15 bits per heavy atom. The number of terminal acetylenes is 1. The summed E-state index contributed by atoms with van der Waals surface area (Å²) in [5, 5.41) is 5.96. The molecule has 7 heteroatoms. The summed E-state index contributed by atoms with van der Waals surface area (Å²) in [6.45, 7) is 0.104. The molecule has 0 bridgehead atoms. The van der Waals surface area contributed by atoms with Crippen LogP contribution < -0.4 is 10.2 Å². The van der Waals surface area contributed by atoms with E-state index in [0.29, 0.717) is 11.3 Å². The van der Waals surface area contributed by atoms with Crippen molar-refractivity contribution in [1.29, 1.82) is 0 Å². The Hall–Kier alpha value is -3.53. The summed E-state index contributed by atoms with van der Waals surface area (Å²) in [4.78, 5) is 3.71. The fourth-order valence-electron chi connectivity index (χ4n) is 2.44. The molecular weight excluding hydrogens is 355 g/mol. The second kappa shape index (κ2) is 7.79. The van der Waals surface area contributed by atoms with E-state index in [0.717, 1.165) is 23.0 Å². The smallest absolute Gasteiger partial charge is 0.417 e. The number of ether oxygens (including phenoxy) is 1. The van der Waals surface area contributed by atoms with Crippen LogP contribution in [0.2, 0.25) is 0 Å². The summed E-state index contributed by atoms with van der Waals surface area (Å²) in [6, 6.07) is 13.5. The number of hydrazone groups is 1. The van der Waals surface area contributed by atoms with Crippen LogP contribution in [-0.2, 0) is 6.18 Å². The van der Waals surface area contributed by atoms with E-state index in [1.54, 1.807) is 6.07 Å². The number of nitrogens with one attached hydrogen (secondary N) is 1. The highest BCUT2D eigenvalue weighted by atomic mass is 19.4. The molecule has 1 aromatic heterocycles. The molecular formula is C20H14F3N3O. The van der Waals surface area contributed by atoms with Gasteiger partial charge in [-0.15, -0.1) is 6.42 Å². The fourth-order valence-corrected chi connectivity index (χ4v) is 2.44. The minimum absolute atomic E-state index is 0.104. The zero-order chi connectivity index (χ0) is 19.3. The molecule has 0 spiro atoms. The topological polar surface area (TPSA) is 46.5 Å². The van der Waals surface area contributed by atoms with Gasteiger partial charge in [0.1, 0.15) is 18.2 Å². The van der Waals surface area contributed by atoms with Gasteiger partial charge in [0.15, 0.2) is 0 Å². The maximum absolute atomic E-state index is 12.6. The lowest BCUT2D eigenvalue weighted by Crippen LogP contribution is -2.05. The molecule has 27 heavy (non-hydrogen) atoms. The van der Waals surface area contributed by atoms with Gasteiger partial charge < -0.3 is 4.74 Å². The maximum atomic E-state index is 12.6. The number of benzene rings is 2. The summed E-state index contributed by atoms with van der Waals surface area (Å²) in [6.07, 6.45) is 3.09. The van der Waals surface area contributed by atoms with Crippen LogP contribution in [-0.4, -0.2) is 17.8 Å². The molecule has 0 aliphatic carbocycles. The van der Waals surface area contributed by atoms with Gasteiger partial charge in [-0.2, -0.15) is 18.3 Å². The summed E-state index contributed by atoms with van der Waals surface area (Å²) in [5.41, 5.74) is 2.49. The van der Waals surface area contributed by atoms with Gasteiger partial charge in [-0.25, -0.2) is 4.98 Å². The quantitative estimate of drug-likeness (QED) is 0.402. The zero-order valence-electron chi connectivity index (χ0n) is 14.0. The Balaban J connectivity index is 1.85. The van der Waals surface area contributed by atoms with Gasteiger partial charge in [-0.1, -0.05) is 36.3 Å². The van der Waals surface area contributed by atoms with Crippen LogP contribution in [0.3, 0.4) is 0 Å². The molecule has 1 heterocycles. The predicted molar refractivity (Wildman–Crippen MR) is 98.7 cm³/mol. The first-order valence-corrected chi connectivity index (χ1v) is 7.89. The van der Waals surface area contributed by atoms with E-state index in [1.165, 1.54) is 12.3 Å². The van der Waals surface area contributed by atoms with Crippen molar-refractivity contribution >= 4 is 22.8 Å². The molecule has 0 saturated carbocycles. The second-order valence-electron chi connectivity index (χ2n) is 5.49. The molecule has 0 radical (unpaired) electrons. The Kier molecular flexibility index (Phi) is 5.27. The Labute approximate surface area is 153 Å². The number of fused-ring (bicyclic) bond motifs is 1. The van der Waals surface area contributed by atoms with Crippen molar-refractivity contribution in [3.63, 3.8) is 0 Å². The average molecular weight is 369 g/mol. The number of alkyl halides is 3. The second-order valence-corrected chi connectivity index (χ2v) is 5.49. The largest absolute Gasteiger partial charge is 0.480 e. The fraction of sp³-hybridized carbons (Fsp3) is 0.100. The van der Waals surface area contributed by atoms with Gasteiger partial charge in [0, 0.05) is 11.8 Å². The van der Waals surface area contributed by atoms with Crippen LogP contribution in [0, 0.1) is 12.3 Å². The minimum Gasteiger partial charge on any atom is -0.480 e. The van der Waals surface area contributed by atoms with Gasteiger partial charge in [-0.3, -0.25) is 5.43 Å². The molecule has 0 saturated heterocycles. The van der Waals surface area contributed by atoms with Gasteiger partial charge in [-0.05, 0) is 29.0 Å². The SMILES string of the molecule is C#CCOc1ccc2ccccc2c1/C=N\Nc1ccc(C(F)(F)F)cn1. The third kappa shape index (κ3) is 4.36. The van der Waals surface area contributed by atoms with Gasteiger partial charge in [0.2, 0.25) is 0 Å². The molecule has 0 fully saturated rings. The first-order valence-electron chi connectivity index (χ1n) is 7.89. The van der Waals surface area contributed by atoms with E-state index < -0.39 is 11.7 Å². The summed E-state index contributed by atoms with van der Waals surface area (Å²) in [7, 11) is 0. The number of anilines is 1. The first-order chi connectivity index (χ1) is 13.0.